The van der Waals surface area contributed by atoms with Crippen molar-refractivity contribution in [2.45, 2.75) is 18.9 Å². The molecule has 25 heavy (non-hydrogen) atoms. The van der Waals surface area contributed by atoms with Crippen LogP contribution in [0.15, 0.2) is 36.7 Å². The van der Waals surface area contributed by atoms with Crippen LogP contribution in [0.3, 0.4) is 0 Å². The number of carbonyl (C=O) groups is 2. The number of amides is 2. The van der Waals surface area contributed by atoms with Gasteiger partial charge in [0, 0.05) is 42.2 Å². The summed E-state index contributed by atoms with van der Waals surface area (Å²) in [5.41, 5.74) is 6.51. The molecule has 1 atom stereocenters. The third-order valence-electron chi connectivity index (χ3n) is 3.96. The molecule has 2 aromatic rings. The number of carbonyl (C=O) groups excluding carboxylic acids is 2. The molecular formula is C17H18ClN5O2. The van der Waals surface area contributed by atoms with Gasteiger partial charge < -0.3 is 16.0 Å². The smallest absolute Gasteiger partial charge is 0.276 e. The van der Waals surface area contributed by atoms with Crippen LogP contribution >= 0.6 is 11.6 Å². The Bertz CT molecular complexity index is 781. The minimum absolute atomic E-state index is 0.0124. The van der Waals surface area contributed by atoms with E-state index in [4.69, 9.17) is 17.3 Å². The largest absolute Gasteiger partial charge is 0.336 e. The fraction of sp³-hybridized carbons (Fsp3) is 0.294. The topological polar surface area (TPSA) is 101 Å². The molecule has 0 spiro atoms. The molecule has 1 unspecified atom stereocenters. The Balaban J connectivity index is 1.81. The maximum atomic E-state index is 12.7. The van der Waals surface area contributed by atoms with Crippen molar-refractivity contribution in [1.29, 1.82) is 0 Å². The lowest BCUT2D eigenvalue weighted by Crippen LogP contribution is -2.46. The van der Waals surface area contributed by atoms with Gasteiger partial charge in [0.15, 0.2) is 11.4 Å². The summed E-state index contributed by atoms with van der Waals surface area (Å²) in [6, 6.07) is 6.61. The molecule has 1 fully saturated rings. The standard InChI is InChI=1S/C17H18ClN5O2/c18-11-3-5-13(6-4-11)22-16(24)14-15(21-8-7-20-14)17(25)23-9-1-2-12(19)10-23/h3-8,12H,1-2,9-10,19H2,(H,22,24). The predicted octanol–water partition coefficient (Wildman–Crippen LogP) is 1.95. The Morgan fingerprint density at radius 1 is 1.16 bits per heavy atom. The minimum atomic E-state index is -0.500. The number of hydrogen-bond donors (Lipinski definition) is 2. The average Bonchev–Trinajstić information content (AvgIpc) is 2.63. The van der Waals surface area contributed by atoms with Gasteiger partial charge in [-0.3, -0.25) is 9.59 Å². The first-order valence-corrected chi connectivity index (χ1v) is 8.35. The first-order valence-electron chi connectivity index (χ1n) is 7.97. The second kappa shape index (κ2) is 7.58. The summed E-state index contributed by atoms with van der Waals surface area (Å²) >= 11 is 5.83. The number of likely N-dealkylation sites (tertiary alicyclic amines) is 1. The number of anilines is 1. The van der Waals surface area contributed by atoms with Crippen molar-refractivity contribution in [3.63, 3.8) is 0 Å². The highest BCUT2D eigenvalue weighted by Crippen LogP contribution is 2.16. The van der Waals surface area contributed by atoms with Gasteiger partial charge >= 0.3 is 0 Å². The van der Waals surface area contributed by atoms with Crippen LogP contribution in [0.25, 0.3) is 0 Å². The molecule has 0 saturated carbocycles. The Morgan fingerprint density at radius 2 is 1.84 bits per heavy atom. The van der Waals surface area contributed by atoms with E-state index in [-0.39, 0.29) is 23.3 Å². The van der Waals surface area contributed by atoms with Crippen LogP contribution in [0.5, 0.6) is 0 Å². The number of piperidine rings is 1. The number of hydrogen-bond acceptors (Lipinski definition) is 5. The van der Waals surface area contributed by atoms with E-state index in [0.717, 1.165) is 12.8 Å². The van der Waals surface area contributed by atoms with Crippen LogP contribution in [0, 0.1) is 0 Å². The van der Waals surface area contributed by atoms with E-state index in [9.17, 15) is 9.59 Å². The van der Waals surface area contributed by atoms with Crippen LogP contribution in [-0.4, -0.2) is 45.8 Å². The van der Waals surface area contributed by atoms with Crippen LogP contribution < -0.4 is 11.1 Å². The maximum absolute atomic E-state index is 12.7. The summed E-state index contributed by atoms with van der Waals surface area (Å²) in [5.74, 6) is -0.829. The number of nitrogens with two attached hydrogens (primary N) is 1. The third kappa shape index (κ3) is 4.12. The molecule has 0 radical (unpaired) electrons. The Kier molecular flexibility index (Phi) is 5.25. The van der Waals surface area contributed by atoms with Crippen molar-refractivity contribution >= 4 is 29.1 Å². The van der Waals surface area contributed by atoms with Crippen molar-refractivity contribution in [2.24, 2.45) is 5.73 Å². The minimum Gasteiger partial charge on any atom is -0.336 e. The molecule has 1 aromatic carbocycles. The molecule has 3 N–H and O–H groups in total. The van der Waals surface area contributed by atoms with E-state index in [0.29, 0.717) is 23.8 Å². The van der Waals surface area contributed by atoms with Crippen LogP contribution in [-0.2, 0) is 0 Å². The number of nitrogens with one attached hydrogen (secondary N) is 1. The summed E-state index contributed by atoms with van der Waals surface area (Å²) in [7, 11) is 0. The van der Waals surface area contributed by atoms with Crippen LogP contribution in [0.2, 0.25) is 5.02 Å². The summed E-state index contributed by atoms with van der Waals surface area (Å²) < 4.78 is 0. The molecule has 1 aromatic heterocycles. The molecule has 0 bridgehead atoms. The summed E-state index contributed by atoms with van der Waals surface area (Å²) in [6.45, 7) is 1.05. The number of halogens is 1. The van der Waals surface area contributed by atoms with Gasteiger partial charge in [0.25, 0.3) is 11.8 Å². The third-order valence-corrected chi connectivity index (χ3v) is 4.22. The van der Waals surface area contributed by atoms with Crippen molar-refractivity contribution in [2.75, 3.05) is 18.4 Å². The van der Waals surface area contributed by atoms with Gasteiger partial charge in [-0.2, -0.15) is 0 Å². The SMILES string of the molecule is NC1CCCN(C(=O)c2nccnc2C(=O)Nc2ccc(Cl)cc2)C1. The Labute approximate surface area is 150 Å². The van der Waals surface area contributed by atoms with Crippen molar-refractivity contribution in [3.05, 3.63) is 53.1 Å². The van der Waals surface area contributed by atoms with Gasteiger partial charge in [-0.25, -0.2) is 9.97 Å². The highest BCUT2D eigenvalue weighted by molar-refractivity contribution is 6.30. The van der Waals surface area contributed by atoms with Gasteiger partial charge in [-0.1, -0.05) is 11.6 Å². The number of rotatable bonds is 3. The lowest BCUT2D eigenvalue weighted by Gasteiger charge is -2.30. The summed E-state index contributed by atoms with van der Waals surface area (Å²) in [6.07, 6.45) is 4.50. The second-order valence-corrected chi connectivity index (χ2v) is 6.30. The zero-order valence-corrected chi connectivity index (χ0v) is 14.2. The number of nitrogens with zero attached hydrogens (tertiary/aromatic N) is 3. The fourth-order valence-corrected chi connectivity index (χ4v) is 2.85. The zero-order valence-electron chi connectivity index (χ0n) is 13.5. The molecule has 1 aliphatic heterocycles. The quantitative estimate of drug-likeness (QED) is 0.872. The van der Waals surface area contributed by atoms with Crippen LogP contribution in [0.1, 0.15) is 33.8 Å². The molecule has 1 saturated heterocycles. The Morgan fingerprint density at radius 3 is 2.52 bits per heavy atom. The first kappa shape index (κ1) is 17.3. The van der Waals surface area contributed by atoms with Crippen molar-refractivity contribution < 1.29 is 9.59 Å². The second-order valence-electron chi connectivity index (χ2n) is 5.87. The lowest BCUT2D eigenvalue weighted by molar-refractivity contribution is 0.0698. The highest BCUT2D eigenvalue weighted by Gasteiger charge is 2.27. The molecule has 7 nitrogen and oxygen atoms in total. The van der Waals surface area contributed by atoms with E-state index in [2.05, 4.69) is 15.3 Å². The molecule has 2 amide bonds. The number of benzene rings is 1. The van der Waals surface area contributed by atoms with E-state index in [1.807, 2.05) is 0 Å². The molecular weight excluding hydrogens is 342 g/mol. The lowest BCUT2D eigenvalue weighted by atomic mass is 10.1. The van der Waals surface area contributed by atoms with Crippen molar-refractivity contribution in [1.82, 2.24) is 14.9 Å². The summed E-state index contributed by atoms with van der Waals surface area (Å²) in [4.78, 5) is 35.0. The molecule has 130 valence electrons. The van der Waals surface area contributed by atoms with E-state index in [1.54, 1.807) is 29.2 Å². The highest BCUT2D eigenvalue weighted by atomic mass is 35.5. The van der Waals surface area contributed by atoms with Gasteiger partial charge in [0.05, 0.1) is 0 Å². The molecule has 8 heteroatoms. The van der Waals surface area contributed by atoms with E-state index in [1.165, 1.54) is 12.4 Å². The van der Waals surface area contributed by atoms with Crippen LogP contribution in [0.4, 0.5) is 5.69 Å². The normalized spacial score (nSPS) is 17.2. The predicted molar refractivity (Wildman–Crippen MR) is 94.6 cm³/mol. The zero-order chi connectivity index (χ0) is 17.8. The molecule has 2 heterocycles. The first-order chi connectivity index (χ1) is 12.0. The molecule has 1 aliphatic rings. The van der Waals surface area contributed by atoms with E-state index >= 15 is 0 Å². The van der Waals surface area contributed by atoms with Gasteiger partial charge in [0.1, 0.15) is 0 Å². The Hall–Kier alpha value is -2.51. The van der Waals surface area contributed by atoms with E-state index < -0.39 is 5.91 Å². The van der Waals surface area contributed by atoms with Gasteiger partial charge in [-0.15, -0.1) is 0 Å². The fourth-order valence-electron chi connectivity index (χ4n) is 2.73. The summed E-state index contributed by atoms with van der Waals surface area (Å²) in [5, 5.41) is 3.26. The average molecular weight is 360 g/mol. The maximum Gasteiger partial charge on any atom is 0.276 e. The number of aromatic nitrogens is 2. The molecule has 0 aliphatic carbocycles. The van der Waals surface area contributed by atoms with Gasteiger partial charge in [0.2, 0.25) is 0 Å². The molecule has 3 rings (SSSR count). The van der Waals surface area contributed by atoms with Crippen molar-refractivity contribution in [3.8, 4) is 0 Å². The monoisotopic (exact) mass is 359 g/mol. The van der Waals surface area contributed by atoms with Gasteiger partial charge in [-0.05, 0) is 37.1 Å².